The molecule has 0 bridgehead atoms. The van der Waals surface area contributed by atoms with Gasteiger partial charge in [-0.2, -0.15) is 8.78 Å². The van der Waals surface area contributed by atoms with E-state index in [0.717, 1.165) is 30.0 Å². The Hall–Kier alpha value is -2.90. The number of benzene rings is 1. The van der Waals surface area contributed by atoms with Crippen LogP contribution < -0.4 is 15.0 Å². The number of rotatable bonds is 7. The summed E-state index contributed by atoms with van der Waals surface area (Å²) in [6.07, 6.45) is 5.41. The Labute approximate surface area is 169 Å². The first kappa shape index (κ1) is 20.8. The van der Waals surface area contributed by atoms with Crippen molar-refractivity contribution in [3.8, 4) is 5.75 Å². The van der Waals surface area contributed by atoms with Crippen LogP contribution in [0.4, 0.5) is 19.4 Å². The number of urea groups is 1. The fraction of sp³-hybridized carbons (Fsp3) is 0.429. The van der Waals surface area contributed by atoms with Crippen LogP contribution in [-0.2, 0) is 13.1 Å². The number of anilines is 1. The molecule has 29 heavy (non-hydrogen) atoms. The van der Waals surface area contributed by atoms with Crippen LogP contribution in [0.25, 0.3) is 0 Å². The number of ether oxygens (including phenoxy) is 1. The monoisotopic (exact) mass is 404 g/mol. The van der Waals surface area contributed by atoms with E-state index in [-0.39, 0.29) is 11.8 Å². The summed E-state index contributed by atoms with van der Waals surface area (Å²) in [7, 11) is 1.69. The van der Waals surface area contributed by atoms with E-state index in [2.05, 4.69) is 19.9 Å². The van der Waals surface area contributed by atoms with E-state index in [0.29, 0.717) is 13.1 Å². The van der Waals surface area contributed by atoms with Crippen LogP contribution in [0.15, 0.2) is 42.6 Å². The molecule has 0 spiro atoms. The lowest BCUT2D eigenvalue weighted by Gasteiger charge is -2.28. The fourth-order valence-corrected chi connectivity index (χ4v) is 3.30. The topological polar surface area (TPSA) is 57.7 Å². The van der Waals surface area contributed by atoms with E-state index >= 15 is 0 Å². The predicted molar refractivity (Wildman–Crippen MR) is 107 cm³/mol. The van der Waals surface area contributed by atoms with Gasteiger partial charge in [0.1, 0.15) is 11.6 Å². The lowest BCUT2D eigenvalue weighted by Crippen LogP contribution is -2.36. The van der Waals surface area contributed by atoms with Crippen molar-refractivity contribution in [3.63, 3.8) is 0 Å². The molecule has 8 heteroatoms. The molecule has 1 aliphatic heterocycles. The first-order valence-corrected chi connectivity index (χ1v) is 9.74. The van der Waals surface area contributed by atoms with Crippen molar-refractivity contribution in [2.45, 2.75) is 39.0 Å². The molecule has 3 rings (SSSR count). The molecule has 2 amide bonds. The van der Waals surface area contributed by atoms with Gasteiger partial charge in [-0.3, -0.25) is 0 Å². The van der Waals surface area contributed by atoms with E-state index in [9.17, 15) is 13.6 Å². The van der Waals surface area contributed by atoms with Crippen LogP contribution in [0.5, 0.6) is 5.75 Å². The highest BCUT2D eigenvalue weighted by molar-refractivity contribution is 5.73. The number of piperidine rings is 1. The number of aromatic nitrogens is 1. The number of carbonyl (C=O) groups is 1. The van der Waals surface area contributed by atoms with Crippen molar-refractivity contribution in [1.82, 2.24) is 15.2 Å². The van der Waals surface area contributed by atoms with Gasteiger partial charge in [0.2, 0.25) is 0 Å². The highest BCUT2D eigenvalue weighted by Gasteiger charge is 2.13. The molecule has 156 valence electrons. The lowest BCUT2D eigenvalue weighted by atomic mass is 10.1. The Kier molecular flexibility index (Phi) is 7.21. The second kappa shape index (κ2) is 10.0. The predicted octanol–water partition coefficient (Wildman–Crippen LogP) is 4.01. The fourth-order valence-electron chi connectivity index (χ4n) is 3.30. The van der Waals surface area contributed by atoms with E-state index in [1.54, 1.807) is 25.4 Å². The van der Waals surface area contributed by atoms with Gasteiger partial charge < -0.3 is 19.9 Å². The Morgan fingerprint density at radius 1 is 1.17 bits per heavy atom. The van der Waals surface area contributed by atoms with Crippen LogP contribution in [0.3, 0.4) is 0 Å². The number of nitrogens with one attached hydrogen (secondary N) is 1. The minimum Gasteiger partial charge on any atom is -0.435 e. The number of hydrogen-bond donors (Lipinski definition) is 1. The molecule has 1 aliphatic rings. The van der Waals surface area contributed by atoms with Gasteiger partial charge in [-0.15, -0.1) is 0 Å². The number of pyridine rings is 1. The second-order valence-corrected chi connectivity index (χ2v) is 7.11. The van der Waals surface area contributed by atoms with Crippen LogP contribution in [-0.4, -0.2) is 42.7 Å². The summed E-state index contributed by atoms with van der Waals surface area (Å²) in [5.74, 6) is 1.05. The zero-order valence-electron chi connectivity index (χ0n) is 16.5. The van der Waals surface area contributed by atoms with Gasteiger partial charge in [0.15, 0.2) is 0 Å². The highest BCUT2D eigenvalue weighted by atomic mass is 19.3. The Bertz CT molecular complexity index is 796. The lowest BCUT2D eigenvalue weighted by molar-refractivity contribution is -0.0498. The number of alkyl halides is 2. The third-order valence-corrected chi connectivity index (χ3v) is 4.85. The first-order chi connectivity index (χ1) is 14.0. The molecule has 0 radical (unpaired) electrons. The van der Waals surface area contributed by atoms with E-state index in [4.69, 9.17) is 0 Å². The van der Waals surface area contributed by atoms with E-state index in [1.807, 2.05) is 12.1 Å². The molecule has 1 fully saturated rings. The van der Waals surface area contributed by atoms with Gasteiger partial charge in [0, 0.05) is 39.4 Å². The van der Waals surface area contributed by atoms with E-state index in [1.165, 1.54) is 36.3 Å². The Morgan fingerprint density at radius 3 is 2.59 bits per heavy atom. The molecule has 1 aromatic heterocycles. The van der Waals surface area contributed by atoms with Crippen LogP contribution in [0.2, 0.25) is 0 Å². The summed E-state index contributed by atoms with van der Waals surface area (Å²) in [5, 5.41) is 2.90. The summed E-state index contributed by atoms with van der Waals surface area (Å²) in [4.78, 5) is 20.7. The van der Waals surface area contributed by atoms with Crippen molar-refractivity contribution in [1.29, 1.82) is 0 Å². The van der Waals surface area contributed by atoms with Crippen molar-refractivity contribution in [2.24, 2.45) is 0 Å². The second-order valence-electron chi connectivity index (χ2n) is 7.11. The maximum atomic E-state index is 12.4. The average Bonchev–Trinajstić information content (AvgIpc) is 2.74. The van der Waals surface area contributed by atoms with Crippen molar-refractivity contribution < 1.29 is 18.3 Å². The van der Waals surface area contributed by atoms with Crippen LogP contribution in [0.1, 0.15) is 30.4 Å². The Balaban J connectivity index is 1.49. The molecule has 2 heterocycles. The molecule has 0 saturated carbocycles. The molecule has 1 aromatic carbocycles. The van der Waals surface area contributed by atoms with Gasteiger partial charge in [0.05, 0.1) is 0 Å². The summed E-state index contributed by atoms with van der Waals surface area (Å²) in [5.41, 5.74) is 1.82. The normalized spacial score (nSPS) is 14.0. The number of amides is 2. The quantitative estimate of drug-likeness (QED) is 0.758. The summed E-state index contributed by atoms with van der Waals surface area (Å²) >= 11 is 0. The molecule has 0 atom stereocenters. The summed E-state index contributed by atoms with van der Waals surface area (Å²) < 4.78 is 28.7. The Morgan fingerprint density at radius 2 is 1.90 bits per heavy atom. The number of nitrogens with zero attached hydrogens (tertiary/aromatic N) is 3. The largest absolute Gasteiger partial charge is 0.435 e. The maximum absolute atomic E-state index is 12.4. The smallest absolute Gasteiger partial charge is 0.387 e. The summed E-state index contributed by atoms with van der Waals surface area (Å²) in [6, 6.07) is 9.96. The van der Waals surface area contributed by atoms with Gasteiger partial charge in [-0.1, -0.05) is 12.1 Å². The molecule has 6 nitrogen and oxygen atoms in total. The van der Waals surface area contributed by atoms with Crippen molar-refractivity contribution in [3.05, 3.63) is 53.7 Å². The number of halogens is 2. The van der Waals surface area contributed by atoms with Gasteiger partial charge in [-0.05, 0) is 54.7 Å². The first-order valence-electron chi connectivity index (χ1n) is 9.74. The molecule has 1 saturated heterocycles. The van der Waals surface area contributed by atoms with Crippen LogP contribution >= 0.6 is 0 Å². The van der Waals surface area contributed by atoms with Crippen molar-refractivity contribution in [2.75, 3.05) is 25.0 Å². The average molecular weight is 404 g/mol. The number of carbonyl (C=O) groups excluding carboxylic acids is 1. The molecule has 0 unspecified atom stereocenters. The van der Waals surface area contributed by atoms with Crippen LogP contribution in [0, 0.1) is 0 Å². The third-order valence-electron chi connectivity index (χ3n) is 4.85. The molecule has 2 aromatic rings. The zero-order chi connectivity index (χ0) is 20.6. The van der Waals surface area contributed by atoms with Gasteiger partial charge in [-0.25, -0.2) is 9.78 Å². The van der Waals surface area contributed by atoms with Gasteiger partial charge in [0.25, 0.3) is 0 Å². The summed E-state index contributed by atoms with van der Waals surface area (Å²) in [6.45, 7) is -0.0404. The standard InChI is InChI=1S/C21H26F2N4O2/c1-26(15-16-5-7-18(8-6-16)29-20(22)23)21(28)25-14-17-9-10-24-19(13-17)27-11-3-2-4-12-27/h5-10,13,20H,2-4,11-12,14-15H2,1H3,(H,25,28). The zero-order valence-corrected chi connectivity index (χ0v) is 16.5. The third kappa shape index (κ3) is 6.30. The SMILES string of the molecule is CN(Cc1ccc(OC(F)F)cc1)C(=O)NCc1ccnc(N2CCCCC2)c1. The maximum Gasteiger partial charge on any atom is 0.387 e. The molecular formula is C21H26F2N4O2. The number of hydrogen-bond acceptors (Lipinski definition) is 4. The highest BCUT2D eigenvalue weighted by Crippen LogP contribution is 2.19. The van der Waals surface area contributed by atoms with Crippen molar-refractivity contribution >= 4 is 11.8 Å². The minimum atomic E-state index is -2.85. The van der Waals surface area contributed by atoms with Gasteiger partial charge >= 0.3 is 12.6 Å². The van der Waals surface area contributed by atoms with E-state index < -0.39 is 6.61 Å². The minimum absolute atomic E-state index is 0.0954. The molecule has 0 aliphatic carbocycles. The molecule has 1 N–H and O–H groups in total. The molecular weight excluding hydrogens is 378 g/mol.